The number of carbonyl (C=O) groups excluding carboxylic acids is 1. The van der Waals surface area contributed by atoms with Gasteiger partial charge in [-0.05, 0) is 80.1 Å². The fraction of sp³-hybridized carbons (Fsp3) is 0.783. The second kappa shape index (κ2) is 5.70. The molecule has 4 heteroatoms. The highest BCUT2D eigenvalue weighted by atomic mass is 16.5. The molecule has 7 atom stereocenters. The third kappa shape index (κ3) is 2.26. The van der Waals surface area contributed by atoms with E-state index in [9.17, 15) is 15.0 Å². The van der Waals surface area contributed by atoms with E-state index in [1.54, 1.807) is 6.08 Å². The van der Waals surface area contributed by atoms with Crippen molar-refractivity contribution >= 4 is 5.97 Å². The van der Waals surface area contributed by atoms with Crippen LogP contribution in [0.15, 0.2) is 23.3 Å². The molecule has 4 aliphatic carbocycles. The average molecular weight is 373 g/mol. The molecule has 3 fully saturated rings. The first-order chi connectivity index (χ1) is 12.8. The van der Waals surface area contributed by atoms with Crippen LogP contribution < -0.4 is 0 Å². The molecule has 27 heavy (non-hydrogen) atoms. The van der Waals surface area contributed by atoms with Gasteiger partial charge in [-0.25, -0.2) is 4.79 Å². The molecular formula is C23H32O4. The van der Waals surface area contributed by atoms with Gasteiger partial charge >= 0.3 is 5.97 Å². The molecule has 0 bridgehead atoms. The lowest BCUT2D eigenvalue weighted by Gasteiger charge is -2.61. The lowest BCUT2D eigenvalue weighted by atomic mass is 9.45. The molecule has 0 aromatic carbocycles. The van der Waals surface area contributed by atoms with E-state index in [2.05, 4.69) is 19.9 Å². The predicted molar refractivity (Wildman–Crippen MR) is 102 cm³/mol. The SMILES string of the molecule is C[C@]12CC[C@H](O)CC1=CC[C@H]1[C@H]2CC[C@@]2(C)[C@H](C3=CC(=O)OC3)CC[C@]12O. The summed E-state index contributed by atoms with van der Waals surface area (Å²) in [5, 5.41) is 22.2. The Morgan fingerprint density at radius 1 is 1.11 bits per heavy atom. The maximum Gasteiger partial charge on any atom is 0.331 e. The summed E-state index contributed by atoms with van der Waals surface area (Å²) >= 11 is 0. The molecule has 4 nitrogen and oxygen atoms in total. The molecule has 0 aromatic heterocycles. The molecule has 5 aliphatic rings. The highest BCUT2D eigenvalue weighted by Gasteiger charge is 2.66. The van der Waals surface area contributed by atoms with Crippen LogP contribution in [-0.2, 0) is 9.53 Å². The molecule has 0 unspecified atom stereocenters. The molecule has 0 radical (unpaired) electrons. The van der Waals surface area contributed by atoms with Gasteiger partial charge in [0.25, 0.3) is 0 Å². The van der Waals surface area contributed by atoms with Crippen molar-refractivity contribution in [1.82, 2.24) is 0 Å². The highest BCUT2D eigenvalue weighted by molar-refractivity contribution is 5.85. The third-order valence-corrected chi connectivity index (χ3v) is 9.40. The Kier molecular flexibility index (Phi) is 3.78. The van der Waals surface area contributed by atoms with Gasteiger partial charge in [0, 0.05) is 11.5 Å². The van der Waals surface area contributed by atoms with Crippen LogP contribution in [0.25, 0.3) is 0 Å². The minimum Gasteiger partial charge on any atom is -0.458 e. The van der Waals surface area contributed by atoms with Crippen LogP contribution in [0.2, 0.25) is 0 Å². The Labute approximate surface area is 161 Å². The lowest BCUT2D eigenvalue weighted by Crippen LogP contribution is -2.60. The van der Waals surface area contributed by atoms with Crippen molar-refractivity contribution in [1.29, 1.82) is 0 Å². The number of cyclic esters (lactones) is 1. The Bertz CT molecular complexity index is 739. The number of carbonyl (C=O) groups is 1. The van der Waals surface area contributed by atoms with Crippen molar-refractivity contribution in [3.05, 3.63) is 23.3 Å². The second-order valence-electron chi connectivity index (χ2n) is 10.3. The van der Waals surface area contributed by atoms with Gasteiger partial charge in [0.1, 0.15) is 6.61 Å². The Morgan fingerprint density at radius 2 is 1.93 bits per heavy atom. The number of aliphatic hydroxyl groups excluding tert-OH is 1. The van der Waals surface area contributed by atoms with Gasteiger partial charge in [-0.15, -0.1) is 0 Å². The number of aliphatic hydroxyl groups is 2. The van der Waals surface area contributed by atoms with E-state index in [0.717, 1.165) is 56.9 Å². The third-order valence-electron chi connectivity index (χ3n) is 9.40. The standard InChI is InChI=1S/C23H32O4/c1-21-8-5-16(24)12-15(21)3-4-19-18(21)6-9-22(2)17(7-10-23(19,22)26)14-11-20(25)27-13-14/h3,11,16-19,24,26H,4-10,12-13H2,1-2H3/t16-,17-,18+,19-,21-,22-,23-/m0/s1. The number of hydrogen-bond donors (Lipinski definition) is 2. The minimum absolute atomic E-state index is 0.128. The smallest absolute Gasteiger partial charge is 0.331 e. The average Bonchev–Trinajstić information content (AvgIpc) is 3.16. The van der Waals surface area contributed by atoms with Gasteiger partial charge in [0.2, 0.25) is 0 Å². The maximum atomic E-state index is 12.1. The number of ether oxygens (including phenoxy) is 1. The molecule has 1 aliphatic heterocycles. The number of rotatable bonds is 1. The molecule has 2 N–H and O–H groups in total. The van der Waals surface area contributed by atoms with Gasteiger partial charge in [-0.1, -0.05) is 25.5 Å². The molecule has 0 aromatic rings. The second-order valence-corrected chi connectivity index (χ2v) is 10.3. The quantitative estimate of drug-likeness (QED) is 0.546. The zero-order valence-electron chi connectivity index (χ0n) is 16.5. The van der Waals surface area contributed by atoms with Crippen LogP contribution in [-0.4, -0.2) is 34.5 Å². The van der Waals surface area contributed by atoms with Crippen molar-refractivity contribution in [3.63, 3.8) is 0 Å². The van der Waals surface area contributed by atoms with E-state index in [-0.39, 0.29) is 34.7 Å². The fourth-order valence-corrected chi connectivity index (χ4v) is 7.79. The molecule has 0 spiro atoms. The summed E-state index contributed by atoms with van der Waals surface area (Å²) in [7, 11) is 0. The zero-order valence-corrected chi connectivity index (χ0v) is 16.5. The van der Waals surface area contributed by atoms with E-state index < -0.39 is 5.60 Å². The van der Waals surface area contributed by atoms with Crippen LogP contribution in [0.5, 0.6) is 0 Å². The van der Waals surface area contributed by atoms with Crippen LogP contribution in [0.4, 0.5) is 0 Å². The van der Waals surface area contributed by atoms with Crippen molar-refractivity contribution in [2.75, 3.05) is 6.61 Å². The van der Waals surface area contributed by atoms with Gasteiger partial charge in [-0.2, -0.15) is 0 Å². The maximum absolute atomic E-state index is 12.1. The van der Waals surface area contributed by atoms with Gasteiger partial charge in [-0.3, -0.25) is 0 Å². The first-order valence-electron chi connectivity index (χ1n) is 10.8. The van der Waals surface area contributed by atoms with Crippen LogP contribution in [0.1, 0.15) is 65.2 Å². The Morgan fingerprint density at radius 3 is 2.67 bits per heavy atom. The van der Waals surface area contributed by atoms with Gasteiger partial charge < -0.3 is 14.9 Å². The van der Waals surface area contributed by atoms with E-state index in [0.29, 0.717) is 12.5 Å². The number of esters is 1. The van der Waals surface area contributed by atoms with Crippen molar-refractivity contribution in [3.8, 4) is 0 Å². The summed E-state index contributed by atoms with van der Waals surface area (Å²) in [6.07, 6.45) is 11.4. The van der Waals surface area contributed by atoms with Crippen LogP contribution >= 0.6 is 0 Å². The highest BCUT2D eigenvalue weighted by Crippen LogP contribution is 2.68. The zero-order chi connectivity index (χ0) is 19.0. The Balaban J connectivity index is 1.50. The van der Waals surface area contributed by atoms with Crippen LogP contribution in [0.3, 0.4) is 0 Å². The first kappa shape index (κ1) is 17.9. The summed E-state index contributed by atoms with van der Waals surface area (Å²) < 4.78 is 5.19. The van der Waals surface area contributed by atoms with Gasteiger partial charge in [0.15, 0.2) is 0 Å². The summed E-state index contributed by atoms with van der Waals surface area (Å²) in [4.78, 5) is 11.6. The molecule has 5 rings (SSSR count). The summed E-state index contributed by atoms with van der Waals surface area (Å²) in [6, 6.07) is 0. The van der Waals surface area contributed by atoms with E-state index in [1.165, 1.54) is 5.57 Å². The van der Waals surface area contributed by atoms with E-state index in [4.69, 9.17) is 4.74 Å². The molecule has 3 saturated carbocycles. The van der Waals surface area contributed by atoms with Crippen molar-refractivity contribution in [2.24, 2.45) is 28.6 Å². The molecular weight excluding hydrogens is 340 g/mol. The number of allylic oxidation sites excluding steroid dienone is 1. The van der Waals surface area contributed by atoms with Crippen LogP contribution in [0, 0.1) is 28.6 Å². The summed E-state index contributed by atoms with van der Waals surface area (Å²) in [5.74, 6) is 0.804. The van der Waals surface area contributed by atoms with E-state index in [1.807, 2.05) is 0 Å². The largest absolute Gasteiger partial charge is 0.458 e. The van der Waals surface area contributed by atoms with Crippen molar-refractivity contribution in [2.45, 2.75) is 76.9 Å². The number of fused-ring (bicyclic) bond motifs is 5. The normalized spacial score (nSPS) is 51.6. The topological polar surface area (TPSA) is 66.8 Å². The Hall–Kier alpha value is -1.13. The fourth-order valence-electron chi connectivity index (χ4n) is 7.79. The van der Waals surface area contributed by atoms with Gasteiger partial charge in [0.05, 0.1) is 11.7 Å². The predicted octanol–water partition coefficient (Wildman–Crippen LogP) is 3.52. The van der Waals surface area contributed by atoms with Crippen molar-refractivity contribution < 1.29 is 19.7 Å². The first-order valence-corrected chi connectivity index (χ1v) is 10.8. The molecule has 0 amide bonds. The monoisotopic (exact) mass is 372 g/mol. The molecule has 1 heterocycles. The summed E-state index contributed by atoms with van der Waals surface area (Å²) in [5.41, 5.74) is 1.80. The molecule has 0 saturated heterocycles. The minimum atomic E-state index is -0.672. The summed E-state index contributed by atoms with van der Waals surface area (Å²) in [6.45, 7) is 5.05. The lowest BCUT2D eigenvalue weighted by molar-refractivity contribution is -0.176. The molecule has 148 valence electrons. The van der Waals surface area contributed by atoms with E-state index >= 15 is 0 Å². The number of hydrogen-bond acceptors (Lipinski definition) is 4.